The molecule has 1 heterocycles. The Bertz CT molecular complexity index is 806. The smallest absolute Gasteiger partial charge is 0.266 e. The number of hydrogen-bond acceptors (Lipinski definition) is 4. The van der Waals surface area contributed by atoms with E-state index < -0.39 is 13.0 Å². The fourth-order valence-corrected chi connectivity index (χ4v) is 3.73. The molecule has 1 aromatic carbocycles. The Balaban J connectivity index is 0. The molecule has 194 valence electrons. The van der Waals surface area contributed by atoms with Crippen molar-refractivity contribution in [3.05, 3.63) is 52.3 Å². The summed E-state index contributed by atoms with van der Waals surface area (Å²) in [6.45, 7) is 14.9. The minimum atomic E-state index is -1.87. The van der Waals surface area contributed by atoms with Gasteiger partial charge in [0.25, 0.3) is 6.36 Å². The van der Waals surface area contributed by atoms with Crippen molar-refractivity contribution < 1.29 is 13.5 Å². The van der Waals surface area contributed by atoms with Crippen molar-refractivity contribution in [1.82, 2.24) is 4.98 Å². The maximum absolute atomic E-state index is 12.9. The zero-order chi connectivity index (χ0) is 26.5. The lowest BCUT2D eigenvalue weighted by molar-refractivity contribution is 0.0426. The number of halogens is 3. The number of aromatic nitrogens is 1. The number of rotatable bonds is 9. The fraction of sp³-hybridized carbons (Fsp3) is 0.556. The Hall–Kier alpha value is -1.66. The first-order valence-electron chi connectivity index (χ1n) is 12.0. The highest BCUT2D eigenvalue weighted by Gasteiger charge is 2.11. The monoisotopic (exact) mass is 516 g/mol. The van der Waals surface area contributed by atoms with Crippen LogP contribution in [0.1, 0.15) is 84.4 Å². The van der Waals surface area contributed by atoms with E-state index in [-0.39, 0.29) is 0 Å². The third-order valence-electron chi connectivity index (χ3n) is 4.04. The molecule has 34 heavy (non-hydrogen) atoms. The molecule has 1 aromatic heterocycles. The average molecular weight is 517 g/mol. The summed E-state index contributed by atoms with van der Waals surface area (Å²) < 4.78 is 29.9. The van der Waals surface area contributed by atoms with E-state index in [1.165, 1.54) is 19.3 Å². The molecule has 3 nitrogen and oxygen atoms in total. The highest BCUT2D eigenvalue weighted by atomic mass is 35.5. The number of aryl methyl sites for hydroxylation is 2. The Morgan fingerprint density at radius 1 is 1.18 bits per heavy atom. The van der Waals surface area contributed by atoms with Crippen molar-refractivity contribution >= 4 is 29.1 Å². The third kappa shape index (κ3) is 15.3. The van der Waals surface area contributed by atoms with Crippen LogP contribution in [0.15, 0.2) is 35.4 Å². The van der Waals surface area contributed by atoms with Gasteiger partial charge >= 0.3 is 0 Å². The van der Waals surface area contributed by atoms with Gasteiger partial charge < -0.3 is 10.1 Å². The molecule has 1 atom stereocenters. The van der Waals surface area contributed by atoms with Crippen molar-refractivity contribution in [2.45, 2.75) is 92.3 Å². The van der Waals surface area contributed by atoms with E-state index in [4.69, 9.17) is 21.7 Å². The summed E-state index contributed by atoms with van der Waals surface area (Å²) in [6, 6.07) is 7.39. The number of nitrogens with zero attached hydrogens (tertiary/aromatic N) is 1. The lowest BCUT2D eigenvalue weighted by Crippen LogP contribution is -2.13. The van der Waals surface area contributed by atoms with Gasteiger partial charge in [-0.15, -0.1) is 11.8 Å². The summed E-state index contributed by atoms with van der Waals surface area (Å²) in [5.74, 6) is 1.53. The van der Waals surface area contributed by atoms with Gasteiger partial charge in [0.15, 0.2) is 6.67 Å². The summed E-state index contributed by atoms with van der Waals surface area (Å²) in [5, 5.41) is 7.84. The molecule has 0 aliphatic carbocycles. The van der Waals surface area contributed by atoms with Crippen molar-refractivity contribution in [2.24, 2.45) is 0 Å². The number of unbranched alkanes of at least 4 members (excludes halogenated alkanes) is 1. The van der Waals surface area contributed by atoms with Crippen molar-refractivity contribution in [3.63, 3.8) is 0 Å². The molecule has 0 spiro atoms. The summed E-state index contributed by atoms with van der Waals surface area (Å²) in [7, 11) is 0. The van der Waals surface area contributed by atoms with Crippen LogP contribution in [0.4, 0.5) is 8.78 Å². The third-order valence-corrected chi connectivity index (χ3v) is 5.32. The number of alkyl halides is 2. The van der Waals surface area contributed by atoms with Crippen LogP contribution in [-0.4, -0.2) is 29.5 Å². The van der Waals surface area contributed by atoms with Gasteiger partial charge in [-0.25, -0.2) is 9.37 Å². The van der Waals surface area contributed by atoms with Gasteiger partial charge in [-0.2, -0.15) is 4.39 Å². The Labute approximate surface area is 215 Å². The number of pyridine rings is 1. The molecule has 0 aliphatic rings. The van der Waals surface area contributed by atoms with Crippen LogP contribution < -0.4 is 4.74 Å². The summed E-state index contributed by atoms with van der Waals surface area (Å²) in [5.41, 5.74) is 3.30. The van der Waals surface area contributed by atoms with Crippen LogP contribution in [0.25, 0.3) is 0 Å². The molecular weight excluding hydrogens is 474 g/mol. The van der Waals surface area contributed by atoms with E-state index >= 15 is 0 Å². The highest BCUT2D eigenvalue weighted by Crippen LogP contribution is 2.28. The number of hydrogen-bond donors (Lipinski definition) is 1. The summed E-state index contributed by atoms with van der Waals surface area (Å²) in [4.78, 5) is 5.04. The molecule has 0 saturated carbocycles. The van der Waals surface area contributed by atoms with E-state index in [2.05, 4.69) is 25.8 Å². The fourth-order valence-electron chi connectivity index (χ4n) is 2.45. The molecule has 2 aromatic rings. The van der Waals surface area contributed by atoms with E-state index in [1.54, 1.807) is 37.0 Å². The topological polar surface area (TPSA) is 46.0 Å². The first-order valence-corrected chi connectivity index (χ1v) is 13.4. The quantitative estimate of drug-likeness (QED) is 0.156. The molecule has 0 saturated heterocycles. The van der Waals surface area contributed by atoms with Crippen LogP contribution in [-0.2, 0) is 6.42 Å². The molecule has 2 rings (SSSR count). The molecule has 1 N–H and O–H groups in total. The highest BCUT2D eigenvalue weighted by molar-refractivity contribution is 7.99. The number of benzene rings is 1. The predicted octanol–water partition coefficient (Wildman–Crippen LogP) is 9.66. The van der Waals surface area contributed by atoms with E-state index in [1.807, 2.05) is 39.8 Å². The molecule has 0 fully saturated rings. The van der Waals surface area contributed by atoms with Gasteiger partial charge in [-0.3, -0.25) is 0 Å². The maximum Gasteiger partial charge on any atom is 0.266 e. The number of thioether (sulfide) groups is 1. The number of nitrogens with one attached hydrogen (secondary N) is 1. The maximum atomic E-state index is 12.9. The first-order chi connectivity index (χ1) is 16.2. The van der Waals surface area contributed by atoms with E-state index in [9.17, 15) is 8.78 Å². The van der Waals surface area contributed by atoms with Crippen LogP contribution >= 0.6 is 23.4 Å². The summed E-state index contributed by atoms with van der Waals surface area (Å²) in [6.07, 6.45) is 4.11. The average Bonchev–Trinajstić information content (AvgIpc) is 2.82. The second-order valence-corrected chi connectivity index (χ2v) is 8.72. The molecule has 0 radical (unpaired) electrons. The number of ether oxygens (including phenoxy) is 1. The lowest BCUT2D eigenvalue weighted by Gasteiger charge is -2.13. The SMILES string of the molecule is CC.CC(=N)c1cnc(Cl)cc1C.CCC.CCCCSc1ccc(OC(F)CF)c(CC)c1. The molecule has 0 aliphatic heterocycles. The van der Waals surface area contributed by atoms with Gasteiger partial charge in [-0.05, 0) is 67.8 Å². The molecule has 0 bridgehead atoms. The Morgan fingerprint density at radius 3 is 2.26 bits per heavy atom. The second-order valence-electron chi connectivity index (χ2n) is 7.16. The van der Waals surface area contributed by atoms with Gasteiger partial charge in [0, 0.05) is 22.4 Å². The van der Waals surface area contributed by atoms with Crippen LogP contribution in [0.3, 0.4) is 0 Å². The van der Waals surface area contributed by atoms with Crippen LogP contribution in [0, 0.1) is 12.3 Å². The normalized spacial score (nSPS) is 10.4. The largest absolute Gasteiger partial charge is 0.457 e. The van der Waals surface area contributed by atoms with Gasteiger partial charge in [0.05, 0.1) is 0 Å². The Kier molecular flexibility index (Phi) is 22.2. The first kappa shape index (κ1) is 34.5. The second kappa shape index (κ2) is 21.8. The van der Waals surface area contributed by atoms with Crippen molar-refractivity contribution in [1.29, 1.82) is 5.41 Å². The van der Waals surface area contributed by atoms with E-state index in [0.717, 1.165) is 33.8 Å². The molecule has 0 amide bonds. The zero-order valence-corrected chi connectivity index (χ0v) is 23.7. The van der Waals surface area contributed by atoms with Crippen LogP contribution in [0.2, 0.25) is 5.15 Å². The lowest BCUT2D eigenvalue weighted by atomic mass is 10.1. The van der Waals surface area contributed by atoms with Crippen molar-refractivity contribution in [3.8, 4) is 5.75 Å². The van der Waals surface area contributed by atoms with Gasteiger partial charge in [0.2, 0.25) is 0 Å². The molecule has 7 heteroatoms. The minimum Gasteiger partial charge on any atom is -0.457 e. The summed E-state index contributed by atoms with van der Waals surface area (Å²) >= 11 is 7.42. The standard InChI is InChI=1S/C14H20F2OS.C8H9ClN2.C3H8.C2H6/c1-3-5-8-18-12-6-7-13(11(4-2)9-12)17-14(16)10-15;1-5-3-8(9)11-4-7(5)6(2)10;1-3-2;1-2/h6-7,9,14H,3-5,8,10H2,1-2H3;3-4,10H,1-2H3;3H2,1-2H3;1-2H3. The Morgan fingerprint density at radius 2 is 1.79 bits per heavy atom. The van der Waals surface area contributed by atoms with E-state index in [0.29, 0.717) is 16.6 Å². The van der Waals surface area contributed by atoms with Crippen molar-refractivity contribution in [2.75, 3.05) is 12.4 Å². The predicted molar refractivity (Wildman–Crippen MR) is 147 cm³/mol. The minimum absolute atomic E-state index is 0.447. The van der Waals surface area contributed by atoms with Gasteiger partial charge in [0.1, 0.15) is 10.9 Å². The zero-order valence-electron chi connectivity index (χ0n) is 22.1. The van der Waals surface area contributed by atoms with Crippen LogP contribution in [0.5, 0.6) is 5.75 Å². The van der Waals surface area contributed by atoms with Gasteiger partial charge in [-0.1, -0.05) is 66.0 Å². The molecular formula is C27H43ClF2N2OS. The molecule has 1 unspecified atom stereocenters.